The Morgan fingerprint density at radius 1 is 1.50 bits per heavy atom. The first-order valence-corrected chi connectivity index (χ1v) is 9.73. The minimum atomic E-state index is -1.21. The van der Waals surface area contributed by atoms with Crippen molar-refractivity contribution in [3.63, 3.8) is 0 Å². The van der Waals surface area contributed by atoms with Crippen LogP contribution in [0.5, 0.6) is 0 Å². The van der Waals surface area contributed by atoms with Gasteiger partial charge in [0.1, 0.15) is 17.7 Å². The van der Waals surface area contributed by atoms with E-state index in [1.807, 2.05) is 20.8 Å². The summed E-state index contributed by atoms with van der Waals surface area (Å²) in [4.78, 5) is 16.5. The molecule has 26 heavy (non-hydrogen) atoms. The molecule has 1 aromatic heterocycles. The molecular weight excluding hydrogens is 377 g/mol. The summed E-state index contributed by atoms with van der Waals surface area (Å²) in [7, 11) is 0. The van der Waals surface area contributed by atoms with E-state index >= 15 is 0 Å². The number of esters is 1. The van der Waals surface area contributed by atoms with E-state index in [2.05, 4.69) is 16.0 Å². The predicted molar refractivity (Wildman–Crippen MR) is 109 cm³/mol. The van der Waals surface area contributed by atoms with Crippen LogP contribution in [-0.2, 0) is 16.1 Å². The molecule has 0 amide bonds. The highest BCUT2D eigenvalue weighted by Crippen LogP contribution is 2.30. The van der Waals surface area contributed by atoms with Gasteiger partial charge in [-0.2, -0.15) is 4.55 Å². The molecule has 0 radical (unpaired) electrons. The molecule has 0 spiro atoms. The van der Waals surface area contributed by atoms with Gasteiger partial charge in [-0.1, -0.05) is 6.58 Å². The normalized spacial score (nSPS) is 14.1. The van der Waals surface area contributed by atoms with E-state index in [4.69, 9.17) is 4.74 Å². The van der Waals surface area contributed by atoms with Gasteiger partial charge in [-0.3, -0.25) is 0 Å². The lowest BCUT2D eigenvalue weighted by Crippen LogP contribution is -2.25. The van der Waals surface area contributed by atoms with Crippen LogP contribution in [0.2, 0.25) is 0 Å². The van der Waals surface area contributed by atoms with Crippen molar-refractivity contribution in [3.05, 3.63) is 30.0 Å². The first-order chi connectivity index (χ1) is 12.0. The molecule has 0 aromatic carbocycles. The van der Waals surface area contributed by atoms with Crippen LogP contribution in [0, 0.1) is 6.92 Å². The highest BCUT2D eigenvalue weighted by atomic mass is 32.2. The van der Waals surface area contributed by atoms with Crippen molar-refractivity contribution in [2.75, 3.05) is 0 Å². The third kappa shape index (κ3) is 6.00. The summed E-state index contributed by atoms with van der Waals surface area (Å²) in [5.41, 5.74) is 0.984. The molecule has 1 N–H and O–H groups in total. The molecule has 144 valence electrons. The van der Waals surface area contributed by atoms with Crippen molar-refractivity contribution in [1.82, 2.24) is 3.97 Å². The Kier molecular flexibility index (Phi) is 8.11. The molecule has 1 aromatic rings. The molecule has 1 unspecified atom stereocenters. The van der Waals surface area contributed by atoms with Gasteiger partial charge in [-0.25, -0.2) is 13.8 Å². The lowest BCUT2D eigenvalue weighted by atomic mass is 10.3. The van der Waals surface area contributed by atoms with Gasteiger partial charge < -0.3 is 4.74 Å². The highest BCUT2D eigenvalue weighted by Gasteiger charge is 2.34. The Labute approximate surface area is 161 Å². The zero-order chi connectivity index (χ0) is 20.1. The Hall–Kier alpha value is -1.58. The molecule has 0 saturated carbocycles. The van der Waals surface area contributed by atoms with E-state index in [9.17, 15) is 13.2 Å². The number of aliphatic imine (C=N–C) groups is 1. The molecule has 0 bridgehead atoms. The average molecular weight is 403 g/mol. The number of aromatic nitrogens is 1. The molecule has 1 rings (SSSR count). The highest BCUT2D eigenvalue weighted by molar-refractivity contribution is 7.93. The SMILES string of the molecule is C=CC(/C=N/[S+](O)C(C)(C)C)=N\c1c(C)cc(C(=O)OC(C)C)n1SF. The molecule has 0 saturated heterocycles. The van der Waals surface area contributed by atoms with Crippen molar-refractivity contribution in [2.45, 2.75) is 52.4 Å². The average Bonchev–Trinajstić information content (AvgIpc) is 2.85. The number of hydrogen-bond donors (Lipinski definition) is 1. The first-order valence-electron chi connectivity index (χ1n) is 7.92. The summed E-state index contributed by atoms with van der Waals surface area (Å²) in [6.07, 6.45) is 2.50. The molecule has 0 aliphatic carbocycles. The second-order valence-electron chi connectivity index (χ2n) is 6.71. The smallest absolute Gasteiger partial charge is 0.356 e. The zero-order valence-electron chi connectivity index (χ0n) is 15.8. The maximum Gasteiger partial charge on any atom is 0.356 e. The van der Waals surface area contributed by atoms with Gasteiger partial charge in [-0.05, 0) is 63.6 Å². The number of aryl methyl sites for hydroxylation is 1. The maximum atomic E-state index is 13.5. The Morgan fingerprint density at radius 3 is 2.58 bits per heavy atom. The van der Waals surface area contributed by atoms with E-state index < -0.39 is 22.1 Å². The first kappa shape index (κ1) is 22.5. The van der Waals surface area contributed by atoms with Crippen LogP contribution in [0.25, 0.3) is 0 Å². The number of hydrogen-bond acceptors (Lipinski definition) is 6. The van der Waals surface area contributed by atoms with Crippen LogP contribution in [0.3, 0.4) is 0 Å². The summed E-state index contributed by atoms with van der Waals surface area (Å²) in [5, 5.41) is 0. The van der Waals surface area contributed by atoms with Gasteiger partial charge in [0.2, 0.25) is 0 Å². The summed E-state index contributed by atoms with van der Waals surface area (Å²) in [6.45, 7) is 14.4. The summed E-state index contributed by atoms with van der Waals surface area (Å²) in [6, 6.07) is 1.51. The predicted octanol–water partition coefficient (Wildman–Crippen LogP) is 4.88. The molecule has 1 atom stereocenters. The van der Waals surface area contributed by atoms with Gasteiger partial charge in [0.15, 0.2) is 17.1 Å². The van der Waals surface area contributed by atoms with E-state index in [1.54, 1.807) is 20.8 Å². The fourth-order valence-electron chi connectivity index (χ4n) is 1.73. The Balaban J connectivity index is 3.26. The minimum absolute atomic E-state index is 0.0550. The van der Waals surface area contributed by atoms with Crippen LogP contribution in [-0.4, -0.2) is 37.3 Å². The van der Waals surface area contributed by atoms with Crippen molar-refractivity contribution in [3.8, 4) is 0 Å². The molecule has 6 nitrogen and oxygen atoms in total. The second kappa shape index (κ2) is 9.38. The second-order valence-corrected chi connectivity index (χ2v) is 9.17. The van der Waals surface area contributed by atoms with Crippen LogP contribution in [0.1, 0.15) is 50.7 Å². The standard InChI is InChI=1S/C17H25FN3O3S2/c1-8-13(10-19-26(23)17(5,6)7)20-15-12(4)9-14(21(15)25-18)16(22)24-11(2)3/h8-11,23H,1H2,2-7H3/q+1/b19-10+,20-13+. The quantitative estimate of drug-likeness (QED) is 0.401. The van der Waals surface area contributed by atoms with E-state index in [-0.39, 0.29) is 29.9 Å². The number of carbonyl (C=O) groups is 1. The number of ether oxygens (including phenoxy) is 1. The number of allylic oxidation sites excluding steroid dienone is 1. The van der Waals surface area contributed by atoms with Gasteiger partial charge in [-0.15, -0.1) is 3.89 Å². The fraction of sp³-hybridized carbons (Fsp3) is 0.471. The number of nitrogens with zero attached hydrogens (tertiary/aromatic N) is 3. The molecule has 0 fully saturated rings. The monoisotopic (exact) mass is 402 g/mol. The topological polar surface area (TPSA) is 76.2 Å². The largest absolute Gasteiger partial charge is 0.458 e. The fourth-order valence-corrected chi connectivity index (χ4v) is 2.71. The maximum absolute atomic E-state index is 13.5. The molecule has 1 heterocycles. The molecule has 0 aliphatic rings. The number of carbonyl (C=O) groups excluding carboxylic acids is 1. The van der Waals surface area contributed by atoms with Gasteiger partial charge in [0.25, 0.3) is 11.4 Å². The van der Waals surface area contributed by atoms with Crippen molar-refractivity contribution >= 4 is 47.4 Å². The van der Waals surface area contributed by atoms with Gasteiger partial charge >= 0.3 is 5.97 Å². The van der Waals surface area contributed by atoms with Crippen molar-refractivity contribution in [1.29, 1.82) is 0 Å². The molecule has 0 aliphatic heterocycles. The molecule has 9 heteroatoms. The third-order valence-electron chi connectivity index (χ3n) is 3.01. The number of halogens is 1. The van der Waals surface area contributed by atoms with E-state index in [0.717, 1.165) is 3.97 Å². The van der Waals surface area contributed by atoms with Gasteiger partial charge in [0, 0.05) is 0 Å². The van der Waals surface area contributed by atoms with E-state index in [0.29, 0.717) is 11.3 Å². The van der Waals surface area contributed by atoms with Crippen LogP contribution < -0.4 is 0 Å². The number of rotatable bonds is 7. The minimum Gasteiger partial charge on any atom is -0.458 e. The van der Waals surface area contributed by atoms with Crippen molar-refractivity contribution < 1.29 is 18.0 Å². The zero-order valence-corrected chi connectivity index (χ0v) is 17.4. The van der Waals surface area contributed by atoms with E-state index in [1.165, 1.54) is 18.4 Å². The van der Waals surface area contributed by atoms with Gasteiger partial charge in [0.05, 0.1) is 11.8 Å². The lowest BCUT2D eigenvalue weighted by molar-refractivity contribution is 0.0370. The summed E-state index contributed by atoms with van der Waals surface area (Å²) in [5.74, 6) is -0.392. The van der Waals surface area contributed by atoms with Crippen LogP contribution >= 0.6 is 12.3 Å². The van der Waals surface area contributed by atoms with Crippen LogP contribution in [0.15, 0.2) is 28.1 Å². The molecular formula is C17H25FN3O3S2+. The third-order valence-corrected chi connectivity index (χ3v) is 4.92. The lowest BCUT2D eigenvalue weighted by Gasteiger charge is -2.09. The van der Waals surface area contributed by atoms with Crippen LogP contribution in [0.4, 0.5) is 9.70 Å². The summed E-state index contributed by atoms with van der Waals surface area (Å²) >= 11 is -1.35. The summed E-state index contributed by atoms with van der Waals surface area (Å²) < 4.78 is 33.4. The Bertz CT molecular complexity index is 722. The van der Waals surface area contributed by atoms with Crippen molar-refractivity contribution in [2.24, 2.45) is 9.39 Å². The Morgan fingerprint density at radius 2 is 2.12 bits per heavy atom.